The zero-order chi connectivity index (χ0) is 12.9. The van der Waals surface area contributed by atoms with Crippen LogP contribution in [-0.4, -0.2) is 55.5 Å². The molecule has 0 aliphatic carbocycles. The van der Waals surface area contributed by atoms with Crippen LogP contribution >= 0.6 is 0 Å². The molecular formula is C10H21NO4S. The minimum atomic E-state index is -3.04. The Morgan fingerprint density at radius 1 is 1.31 bits per heavy atom. The van der Waals surface area contributed by atoms with Crippen LogP contribution in [-0.2, 0) is 14.6 Å². The van der Waals surface area contributed by atoms with Crippen molar-refractivity contribution in [3.05, 3.63) is 0 Å². The highest BCUT2D eigenvalue weighted by Gasteiger charge is 2.18. The number of carbonyl (C=O) groups is 1. The molecule has 96 valence electrons. The minimum absolute atomic E-state index is 0.0769. The molecule has 0 heterocycles. The van der Waals surface area contributed by atoms with Crippen molar-refractivity contribution < 1.29 is 18.3 Å². The van der Waals surface area contributed by atoms with Gasteiger partial charge in [-0.2, -0.15) is 0 Å². The Labute approximate surface area is 97.4 Å². The maximum absolute atomic E-state index is 11.5. The van der Waals surface area contributed by atoms with Crippen molar-refractivity contribution >= 4 is 15.8 Å². The molecule has 6 heteroatoms. The normalized spacial score (nSPS) is 14.4. The van der Waals surface area contributed by atoms with Crippen LogP contribution in [0.3, 0.4) is 0 Å². The minimum Gasteiger partial charge on any atom is -0.481 e. The lowest BCUT2D eigenvalue weighted by molar-refractivity contribution is -0.141. The second-order valence-electron chi connectivity index (χ2n) is 4.42. The van der Waals surface area contributed by atoms with E-state index < -0.39 is 21.7 Å². The van der Waals surface area contributed by atoms with E-state index in [0.29, 0.717) is 13.1 Å². The first kappa shape index (κ1) is 15.4. The first-order chi connectivity index (χ1) is 7.16. The fraction of sp³-hybridized carbons (Fsp3) is 0.900. The summed E-state index contributed by atoms with van der Waals surface area (Å²) in [5.74, 6) is -1.27. The van der Waals surface area contributed by atoms with Crippen LogP contribution in [0.25, 0.3) is 0 Å². The molecule has 1 unspecified atom stereocenters. The molecule has 0 aliphatic rings. The van der Waals surface area contributed by atoms with E-state index in [2.05, 4.69) is 0 Å². The third-order valence-corrected chi connectivity index (χ3v) is 4.67. The number of hydrogen-bond donors (Lipinski definition) is 1. The van der Waals surface area contributed by atoms with Gasteiger partial charge in [-0.05, 0) is 20.9 Å². The highest BCUT2D eigenvalue weighted by molar-refractivity contribution is 7.92. The molecule has 0 rings (SSSR count). The zero-order valence-electron chi connectivity index (χ0n) is 10.3. The first-order valence-corrected chi connectivity index (χ1v) is 7.01. The summed E-state index contributed by atoms with van der Waals surface area (Å²) in [5, 5.41) is 8.33. The molecular weight excluding hydrogens is 230 g/mol. The van der Waals surface area contributed by atoms with E-state index in [-0.39, 0.29) is 11.0 Å². The lowest BCUT2D eigenvalue weighted by Crippen LogP contribution is -2.33. The number of rotatable bonds is 7. The number of carboxylic acid groups (broad SMARTS) is 1. The standard InChI is InChI=1S/C10H21NO4S/c1-8(2)16(14,15)6-5-11(4)7-9(3)10(12)13/h8-9H,5-7H2,1-4H3,(H,12,13). The summed E-state index contributed by atoms with van der Waals surface area (Å²) in [6.45, 7) is 5.64. The Hall–Kier alpha value is -0.620. The van der Waals surface area contributed by atoms with Crippen molar-refractivity contribution in [2.45, 2.75) is 26.0 Å². The molecule has 0 fully saturated rings. The molecule has 0 saturated heterocycles. The summed E-state index contributed by atoms with van der Waals surface area (Å²) in [7, 11) is -1.31. The molecule has 1 atom stereocenters. The van der Waals surface area contributed by atoms with Gasteiger partial charge in [-0.15, -0.1) is 0 Å². The quantitative estimate of drug-likeness (QED) is 0.711. The van der Waals surface area contributed by atoms with Crippen LogP contribution < -0.4 is 0 Å². The number of nitrogens with zero attached hydrogens (tertiary/aromatic N) is 1. The fourth-order valence-corrected chi connectivity index (χ4v) is 2.19. The Morgan fingerprint density at radius 3 is 2.19 bits per heavy atom. The van der Waals surface area contributed by atoms with Crippen molar-refractivity contribution in [3.8, 4) is 0 Å². The van der Waals surface area contributed by atoms with Crippen molar-refractivity contribution in [3.63, 3.8) is 0 Å². The average Bonchev–Trinajstić information content (AvgIpc) is 2.14. The maximum Gasteiger partial charge on any atom is 0.307 e. The van der Waals surface area contributed by atoms with Crippen LogP contribution in [0, 0.1) is 5.92 Å². The molecule has 5 nitrogen and oxygen atoms in total. The molecule has 16 heavy (non-hydrogen) atoms. The third kappa shape index (κ3) is 5.46. The van der Waals surface area contributed by atoms with Gasteiger partial charge in [-0.25, -0.2) is 8.42 Å². The molecule has 1 N–H and O–H groups in total. The third-order valence-electron chi connectivity index (χ3n) is 2.48. The van der Waals surface area contributed by atoms with Crippen LogP contribution in [0.2, 0.25) is 0 Å². The second-order valence-corrected chi connectivity index (χ2v) is 7.09. The molecule has 0 spiro atoms. The van der Waals surface area contributed by atoms with Gasteiger partial charge >= 0.3 is 5.97 Å². The smallest absolute Gasteiger partial charge is 0.307 e. The average molecular weight is 251 g/mol. The van der Waals surface area contributed by atoms with Crippen LogP contribution in [0.15, 0.2) is 0 Å². The van der Waals surface area contributed by atoms with E-state index in [4.69, 9.17) is 5.11 Å². The van der Waals surface area contributed by atoms with Gasteiger partial charge < -0.3 is 10.0 Å². The Morgan fingerprint density at radius 2 is 1.81 bits per heavy atom. The van der Waals surface area contributed by atoms with Gasteiger partial charge in [-0.1, -0.05) is 6.92 Å². The van der Waals surface area contributed by atoms with Gasteiger partial charge in [0.2, 0.25) is 0 Å². The first-order valence-electron chi connectivity index (χ1n) is 5.29. The van der Waals surface area contributed by atoms with Gasteiger partial charge in [-0.3, -0.25) is 4.79 Å². The summed E-state index contributed by atoms with van der Waals surface area (Å²) >= 11 is 0. The molecule has 0 amide bonds. The van der Waals surface area contributed by atoms with E-state index in [0.717, 1.165) is 0 Å². The molecule has 0 aromatic carbocycles. The van der Waals surface area contributed by atoms with E-state index in [1.54, 1.807) is 32.7 Å². The van der Waals surface area contributed by atoms with Crippen LogP contribution in [0.4, 0.5) is 0 Å². The number of aliphatic carboxylic acids is 1. The molecule has 0 bridgehead atoms. The summed E-state index contributed by atoms with van der Waals surface area (Å²) in [5.41, 5.74) is 0. The topological polar surface area (TPSA) is 74.7 Å². The van der Waals surface area contributed by atoms with Gasteiger partial charge in [0.25, 0.3) is 0 Å². The predicted molar refractivity (Wildman–Crippen MR) is 63.2 cm³/mol. The summed E-state index contributed by atoms with van der Waals surface area (Å²) in [6, 6.07) is 0. The van der Waals surface area contributed by atoms with Crippen molar-refractivity contribution in [2.24, 2.45) is 5.92 Å². The summed E-state index contributed by atoms with van der Waals surface area (Å²) in [4.78, 5) is 12.3. The Bertz CT molecular complexity index is 324. The summed E-state index contributed by atoms with van der Waals surface area (Å²) < 4.78 is 23.0. The van der Waals surface area contributed by atoms with E-state index in [1.807, 2.05) is 0 Å². The van der Waals surface area contributed by atoms with Gasteiger partial charge in [0, 0.05) is 13.1 Å². The van der Waals surface area contributed by atoms with Crippen molar-refractivity contribution in [2.75, 3.05) is 25.9 Å². The molecule has 0 aromatic heterocycles. The lowest BCUT2D eigenvalue weighted by Gasteiger charge is -2.19. The number of hydrogen-bond acceptors (Lipinski definition) is 4. The van der Waals surface area contributed by atoms with Gasteiger partial charge in [0.1, 0.15) is 0 Å². The van der Waals surface area contributed by atoms with E-state index in [9.17, 15) is 13.2 Å². The molecule has 0 radical (unpaired) electrons. The van der Waals surface area contributed by atoms with Crippen molar-refractivity contribution in [1.29, 1.82) is 0 Å². The Balaban J connectivity index is 4.09. The highest BCUT2D eigenvalue weighted by Crippen LogP contribution is 2.03. The Kier molecular flexibility index (Phi) is 5.96. The fourth-order valence-electron chi connectivity index (χ4n) is 1.16. The largest absolute Gasteiger partial charge is 0.481 e. The monoisotopic (exact) mass is 251 g/mol. The molecule has 0 saturated carbocycles. The molecule has 0 aliphatic heterocycles. The van der Waals surface area contributed by atoms with Crippen LogP contribution in [0.5, 0.6) is 0 Å². The lowest BCUT2D eigenvalue weighted by atomic mass is 10.2. The zero-order valence-corrected chi connectivity index (χ0v) is 11.1. The van der Waals surface area contributed by atoms with E-state index in [1.165, 1.54) is 0 Å². The predicted octanol–water partition coefficient (Wildman–Crippen LogP) is 0.462. The molecule has 0 aromatic rings. The van der Waals surface area contributed by atoms with E-state index >= 15 is 0 Å². The number of sulfone groups is 1. The van der Waals surface area contributed by atoms with Gasteiger partial charge in [0.15, 0.2) is 9.84 Å². The van der Waals surface area contributed by atoms with Crippen molar-refractivity contribution in [1.82, 2.24) is 4.90 Å². The number of carboxylic acids is 1. The SMILES string of the molecule is CC(CN(C)CCS(=O)(=O)C(C)C)C(=O)O. The van der Waals surface area contributed by atoms with Crippen LogP contribution in [0.1, 0.15) is 20.8 Å². The van der Waals surface area contributed by atoms with Gasteiger partial charge in [0.05, 0.1) is 16.9 Å². The maximum atomic E-state index is 11.5. The summed E-state index contributed by atoms with van der Waals surface area (Å²) in [6.07, 6.45) is 0. The second kappa shape index (κ2) is 6.20. The highest BCUT2D eigenvalue weighted by atomic mass is 32.2.